The van der Waals surface area contributed by atoms with E-state index in [9.17, 15) is 9.90 Å². The first kappa shape index (κ1) is 22.1. The van der Waals surface area contributed by atoms with Crippen LogP contribution in [0, 0.1) is 5.92 Å². The van der Waals surface area contributed by atoms with Crippen LogP contribution in [-0.2, 0) is 9.47 Å². The van der Waals surface area contributed by atoms with E-state index in [4.69, 9.17) is 9.47 Å². The van der Waals surface area contributed by atoms with E-state index >= 15 is 0 Å². The van der Waals surface area contributed by atoms with Gasteiger partial charge in [-0.25, -0.2) is 4.79 Å². The normalized spacial score (nSPS) is 26.3. The molecule has 1 aliphatic heterocycles. The number of amides is 1. The first-order valence-electron chi connectivity index (χ1n) is 11.0. The molecule has 0 unspecified atom stereocenters. The lowest BCUT2D eigenvalue weighted by Crippen LogP contribution is -2.51. The van der Waals surface area contributed by atoms with Gasteiger partial charge in [-0.1, -0.05) is 62.4 Å². The van der Waals surface area contributed by atoms with E-state index < -0.39 is 23.5 Å². The molecule has 0 radical (unpaired) electrons. The van der Waals surface area contributed by atoms with Gasteiger partial charge in [0, 0.05) is 0 Å². The Balaban J connectivity index is 1.90. The van der Waals surface area contributed by atoms with Crippen molar-refractivity contribution in [1.29, 1.82) is 0 Å². The molecule has 1 aromatic rings. The zero-order valence-corrected chi connectivity index (χ0v) is 18.6. The van der Waals surface area contributed by atoms with Crippen molar-refractivity contribution in [3.8, 4) is 0 Å². The summed E-state index contributed by atoms with van der Waals surface area (Å²) in [5, 5.41) is 11.2. The van der Waals surface area contributed by atoms with Gasteiger partial charge in [0.15, 0.2) is 0 Å². The van der Waals surface area contributed by atoms with Gasteiger partial charge in [0.05, 0.1) is 6.04 Å². The molecule has 0 spiro atoms. The Morgan fingerprint density at radius 2 is 1.83 bits per heavy atom. The Bertz CT molecular complexity index is 676. The fourth-order valence-electron chi connectivity index (χ4n) is 4.80. The van der Waals surface area contributed by atoms with E-state index in [1.807, 2.05) is 65.0 Å². The lowest BCUT2D eigenvalue weighted by molar-refractivity contribution is -0.104. The van der Waals surface area contributed by atoms with Crippen molar-refractivity contribution in [3.05, 3.63) is 35.9 Å². The van der Waals surface area contributed by atoms with Gasteiger partial charge in [-0.2, -0.15) is 0 Å². The molecule has 29 heavy (non-hydrogen) atoms. The SMILES string of the molecule is CC(C)(C)OC(=O)N1[C@@H](CC2CCCCC2)[C@H]([C@@H](O)c2ccccc2)OC1(C)C. The minimum Gasteiger partial charge on any atom is -0.444 e. The van der Waals surface area contributed by atoms with Gasteiger partial charge in [-0.15, -0.1) is 0 Å². The Kier molecular flexibility index (Phi) is 6.59. The van der Waals surface area contributed by atoms with Gasteiger partial charge >= 0.3 is 6.09 Å². The van der Waals surface area contributed by atoms with Crippen LogP contribution in [0.25, 0.3) is 0 Å². The summed E-state index contributed by atoms with van der Waals surface area (Å²) in [7, 11) is 0. The molecule has 1 amide bonds. The van der Waals surface area contributed by atoms with Crippen LogP contribution in [0.15, 0.2) is 30.3 Å². The molecule has 3 atom stereocenters. The number of aliphatic hydroxyl groups excluding tert-OH is 1. The third-order valence-corrected chi connectivity index (χ3v) is 6.06. The van der Waals surface area contributed by atoms with Crippen LogP contribution in [-0.4, -0.2) is 39.6 Å². The molecule has 1 heterocycles. The Morgan fingerprint density at radius 1 is 1.21 bits per heavy atom. The van der Waals surface area contributed by atoms with Crippen LogP contribution in [0.5, 0.6) is 0 Å². The largest absolute Gasteiger partial charge is 0.444 e. The van der Waals surface area contributed by atoms with Crippen LogP contribution in [0.1, 0.15) is 84.8 Å². The Hall–Kier alpha value is -1.59. The van der Waals surface area contributed by atoms with Gasteiger partial charge in [0.2, 0.25) is 0 Å². The van der Waals surface area contributed by atoms with E-state index in [1.165, 1.54) is 32.1 Å². The quantitative estimate of drug-likeness (QED) is 0.728. The molecule has 5 heteroatoms. The summed E-state index contributed by atoms with van der Waals surface area (Å²) in [6, 6.07) is 9.37. The van der Waals surface area contributed by atoms with E-state index in [2.05, 4.69) is 0 Å². The monoisotopic (exact) mass is 403 g/mol. The van der Waals surface area contributed by atoms with Crippen molar-refractivity contribution in [3.63, 3.8) is 0 Å². The summed E-state index contributed by atoms with van der Waals surface area (Å²) >= 11 is 0. The van der Waals surface area contributed by atoms with Crippen LogP contribution in [0.2, 0.25) is 0 Å². The molecule has 1 aromatic carbocycles. The van der Waals surface area contributed by atoms with Crippen molar-refractivity contribution < 1.29 is 19.4 Å². The van der Waals surface area contributed by atoms with Crippen molar-refractivity contribution >= 4 is 6.09 Å². The molecular formula is C24H37NO4. The maximum absolute atomic E-state index is 13.2. The molecule has 162 valence electrons. The second kappa shape index (κ2) is 8.65. The molecular weight excluding hydrogens is 366 g/mol. The lowest BCUT2D eigenvalue weighted by Gasteiger charge is -2.37. The molecule has 1 N–H and O–H groups in total. The maximum atomic E-state index is 13.2. The van der Waals surface area contributed by atoms with Crippen LogP contribution < -0.4 is 0 Å². The van der Waals surface area contributed by atoms with Gasteiger partial charge in [0.25, 0.3) is 0 Å². The number of benzene rings is 1. The molecule has 3 rings (SSSR count). The Morgan fingerprint density at radius 3 is 2.41 bits per heavy atom. The number of hydrogen-bond acceptors (Lipinski definition) is 4. The average molecular weight is 404 g/mol. The summed E-state index contributed by atoms with van der Waals surface area (Å²) < 4.78 is 12.1. The zero-order valence-electron chi connectivity index (χ0n) is 18.6. The van der Waals surface area contributed by atoms with Crippen LogP contribution in [0.3, 0.4) is 0 Å². The van der Waals surface area contributed by atoms with E-state index in [-0.39, 0.29) is 12.1 Å². The van der Waals surface area contributed by atoms with Gasteiger partial charge in [-0.3, -0.25) is 4.90 Å². The van der Waals surface area contributed by atoms with E-state index in [0.29, 0.717) is 5.92 Å². The van der Waals surface area contributed by atoms with Crippen LogP contribution in [0.4, 0.5) is 4.79 Å². The van der Waals surface area contributed by atoms with Gasteiger partial charge < -0.3 is 14.6 Å². The molecule has 2 fully saturated rings. The van der Waals surface area contributed by atoms with Gasteiger partial charge in [0.1, 0.15) is 23.5 Å². The summed E-state index contributed by atoms with van der Waals surface area (Å²) in [5.41, 5.74) is -0.617. The number of aliphatic hydroxyl groups is 1. The number of hydrogen-bond donors (Lipinski definition) is 1. The number of ether oxygens (including phenoxy) is 2. The maximum Gasteiger partial charge on any atom is 0.412 e. The van der Waals surface area contributed by atoms with Crippen molar-refractivity contribution in [2.45, 2.75) is 103 Å². The first-order valence-corrected chi connectivity index (χ1v) is 11.0. The van der Waals surface area contributed by atoms with Crippen molar-refractivity contribution in [1.82, 2.24) is 4.90 Å². The fourth-order valence-corrected chi connectivity index (χ4v) is 4.80. The fraction of sp³-hybridized carbons (Fsp3) is 0.708. The summed E-state index contributed by atoms with van der Waals surface area (Å²) in [6.45, 7) is 9.41. The smallest absolute Gasteiger partial charge is 0.412 e. The molecule has 0 aromatic heterocycles. The highest BCUT2D eigenvalue weighted by Gasteiger charge is 2.53. The number of carbonyl (C=O) groups is 1. The Labute approximate surface area is 175 Å². The molecule has 1 aliphatic carbocycles. The minimum atomic E-state index is -0.845. The zero-order chi connectivity index (χ0) is 21.2. The molecule has 1 saturated heterocycles. The summed E-state index contributed by atoms with van der Waals surface area (Å²) in [5.74, 6) is 0.543. The third-order valence-electron chi connectivity index (χ3n) is 6.06. The number of rotatable bonds is 4. The molecule has 2 aliphatic rings. The van der Waals surface area contributed by atoms with E-state index in [1.54, 1.807) is 4.90 Å². The van der Waals surface area contributed by atoms with Crippen LogP contribution >= 0.6 is 0 Å². The highest BCUT2D eigenvalue weighted by Crippen LogP contribution is 2.43. The van der Waals surface area contributed by atoms with Crippen molar-refractivity contribution in [2.75, 3.05) is 0 Å². The third kappa shape index (κ3) is 5.32. The number of nitrogens with zero attached hydrogens (tertiary/aromatic N) is 1. The summed E-state index contributed by atoms with van der Waals surface area (Å²) in [4.78, 5) is 14.9. The number of carbonyl (C=O) groups excluding carboxylic acids is 1. The topological polar surface area (TPSA) is 59.0 Å². The lowest BCUT2D eigenvalue weighted by atomic mass is 9.82. The van der Waals surface area contributed by atoms with Crippen molar-refractivity contribution in [2.24, 2.45) is 5.92 Å². The molecule has 5 nitrogen and oxygen atoms in total. The summed E-state index contributed by atoms with van der Waals surface area (Å²) in [6.07, 6.45) is 5.29. The molecule has 0 bridgehead atoms. The first-order chi connectivity index (χ1) is 13.6. The highest BCUT2D eigenvalue weighted by atomic mass is 16.6. The van der Waals surface area contributed by atoms with Gasteiger partial charge in [-0.05, 0) is 52.5 Å². The average Bonchev–Trinajstić information content (AvgIpc) is 2.91. The standard InChI is InChI=1S/C24H37NO4/c1-23(2,3)29-22(27)25-19(16-17-12-8-6-9-13-17)21(28-24(25,4)5)20(26)18-14-10-7-11-15-18/h7,10-11,14-15,17,19-21,26H,6,8-9,12-13,16H2,1-5H3/t19-,20-,21+/m0/s1. The predicted octanol–water partition coefficient (Wildman–Crippen LogP) is 5.43. The second-order valence-electron chi connectivity index (χ2n) is 10.0. The van der Waals surface area contributed by atoms with E-state index in [0.717, 1.165) is 12.0 Å². The molecule has 1 saturated carbocycles. The highest BCUT2D eigenvalue weighted by molar-refractivity contribution is 5.70. The predicted molar refractivity (Wildman–Crippen MR) is 113 cm³/mol. The minimum absolute atomic E-state index is 0.224. The second-order valence-corrected chi connectivity index (χ2v) is 10.0.